The van der Waals surface area contributed by atoms with E-state index in [0.29, 0.717) is 13.2 Å². The van der Waals surface area contributed by atoms with E-state index in [2.05, 4.69) is 16.5 Å². The van der Waals surface area contributed by atoms with Crippen molar-refractivity contribution in [3.8, 4) is 0 Å². The van der Waals surface area contributed by atoms with Crippen LogP contribution in [0, 0.1) is 0 Å². The van der Waals surface area contributed by atoms with Gasteiger partial charge in [-0.3, -0.25) is 0 Å². The van der Waals surface area contributed by atoms with E-state index in [9.17, 15) is 4.79 Å². The molecular formula is C27H49N3O3. The van der Waals surface area contributed by atoms with Gasteiger partial charge in [0, 0.05) is 32.1 Å². The number of aryl methyl sites for hydroxylation is 1. The van der Waals surface area contributed by atoms with Crippen molar-refractivity contribution in [3.05, 3.63) is 18.7 Å². The third-order valence-corrected chi connectivity index (χ3v) is 6.55. The van der Waals surface area contributed by atoms with Crippen molar-refractivity contribution in [2.24, 2.45) is 0 Å². The van der Waals surface area contributed by atoms with Gasteiger partial charge in [0.1, 0.15) is 6.10 Å². The Morgan fingerprint density at radius 1 is 0.879 bits per heavy atom. The van der Waals surface area contributed by atoms with Crippen LogP contribution in [0.3, 0.4) is 0 Å². The van der Waals surface area contributed by atoms with E-state index in [4.69, 9.17) is 9.47 Å². The van der Waals surface area contributed by atoms with Crippen molar-refractivity contribution >= 4 is 6.09 Å². The van der Waals surface area contributed by atoms with Gasteiger partial charge in [0.15, 0.2) is 0 Å². The maximum Gasteiger partial charge on any atom is 0.410 e. The second kappa shape index (κ2) is 18.8. The van der Waals surface area contributed by atoms with Gasteiger partial charge in [-0.25, -0.2) is 9.78 Å². The molecule has 0 aromatic carbocycles. The first-order chi connectivity index (χ1) is 16.3. The average Bonchev–Trinajstić information content (AvgIpc) is 3.46. The predicted octanol–water partition coefficient (Wildman–Crippen LogP) is 6.98. The zero-order chi connectivity index (χ0) is 23.4. The van der Waals surface area contributed by atoms with Crippen molar-refractivity contribution < 1.29 is 14.3 Å². The number of hydrogen-bond acceptors (Lipinski definition) is 4. The molecule has 6 nitrogen and oxygen atoms in total. The van der Waals surface area contributed by atoms with E-state index in [0.717, 1.165) is 39.0 Å². The van der Waals surface area contributed by atoms with E-state index >= 15 is 0 Å². The Labute approximate surface area is 202 Å². The highest BCUT2D eigenvalue weighted by atomic mass is 16.6. The SMILES string of the molecule is CCCCCCCCCCCCCCCCOCC1CN(CCCCn2ccnc2)C(=O)O1. The smallest absolute Gasteiger partial charge is 0.410 e. The average molecular weight is 464 g/mol. The number of amides is 1. The van der Waals surface area contributed by atoms with Crippen LogP contribution in [0.25, 0.3) is 0 Å². The summed E-state index contributed by atoms with van der Waals surface area (Å²) >= 11 is 0. The molecule has 0 aliphatic carbocycles. The van der Waals surface area contributed by atoms with Crippen LogP contribution >= 0.6 is 0 Å². The van der Waals surface area contributed by atoms with E-state index in [1.165, 1.54) is 83.5 Å². The first-order valence-electron chi connectivity index (χ1n) is 13.8. The molecule has 2 heterocycles. The molecule has 0 saturated carbocycles. The molecule has 1 aromatic rings. The van der Waals surface area contributed by atoms with Crippen LogP contribution in [-0.4, -0.2) is 53.0 Å². The van der Waals surface area contributed by atoms with Crippen molar-refractivity contribution in [1.29, 1.82) is 0 Å². The number of nitrogens with zero attached hydrogens (tertiary/aromatic N) is 3. The number of cyclic esters (lactones) is 1. The number of aromatic nitrogens is 2. The van der Waals surface area contributed by atoms with Gasteiger partial charge < -0.3 is 18.9 Å². The monoisotopic (exact) mass is 463 g/mol. The Hall–Kier alpha value is -1.56. The van der Waals surface area contributed by atoms with Gasteiger partial charge in [0.25, 0.3) is 0 Å². The molecule has 1 saturated heterocycles. The maximum atomic E-state index is 12.0. The number of unbranched alkanes of at least 4 members (excludes halogenated alkanes) is 14. The van der Waals surface area contributed by atoms with Crippen LogP contribution in [0.2, 0.25) is 0 Å². The molecule has 1 atom stereocenters. The van der Waals surface area contributed by atoms with Crippen LogP contribution in [0.15, 0.2) is 18.7 Å². The Balaban J connectivity index is 1.31. The summed E-state index contributed by atoms with van der Waals surface area (Å²) in [5.74, 6) is 0. The van der Waals surface area contributed by atoms with Crippen LogP contribution in [0.4, 0.5) is 4.79 Å². The fourth-order valence-corrected chi connectivity index (χ4v) is 4.47. The molecule has 1 aliphatic rings. The molecular weight excluding hydrogens is 414 g/mol. The number of imidazole rings is 1. The second-order valence-corrected chi connectivity index (χ2v) is 9.63. The molecule has 1 aliphatic heterocycles. The number of hydrogen-bond donors (Lipinski definition) is 0. The quantitative estimate of drug-likeness (QED) is 0.174. The first-order valence-corrected chi connectivity index (χ1v) is 13.8. The highest BCUT2D eigenvalue weighted by Gasteiger charge is 2.30. The first kappa shape index (κ1) is 27.7. The summed E-state index contributed by atoms with van der Waals surface area (Å²) in [4.78, 5) is 17.9. The maximum absolute atomic E-state index is 12.0. The lowest BCUT2D eigenvalue weighted by atomic mass is 10.0. The lowest BCUT2D eigenvalue weighted by molar-refractivity contribution is 0.0443. The van der Waals surface area contributed by atoms with Crippen LogP contribution in [0.5, 0.6) is 0 Å². The van der Waals surface area contributed by atoms with E-state index < -0.39 is 0 Å². The summed E-state index contributed by atoms with van der Waals surface area (Å²) in [5, 5.41) is 0. The van der Waals surface area contributed by atoms with Gasteiger partial charge in [-0.15, -0.1) is 0 Å². The third kappa shape index (κ3) is 13.7. The zero-order valence-electron chi connectivity index (χ0n) is 21.2. The summed E-state index contributed by atoms with van der Waals surface area (Å²) < 4.78 is 13.3. The summed E-state index contributed by atoms with van der Waals surface area (Å²) in [6, 6.07) is 0. The predicted molar refractivity (Wildman–Crippen MR) is 134 cm³/mol. The summed E-state index contributed by atoms with van der Waals surface area (Å²) in [7, 11) is 0. The van der Waals surface area contributed by atoms with Gasteiger partial charge in [-0.1, -0.05) is 90.4 Å². The zero-order valence-corrected chi connectivity index (χ0v) is 21.2. The summed E-state index contributed by atoms with van der Waals surface area (Å²) in [5.41, 5.74) is 0. The lowest BCUT2D eigenvalue weighted by Crippen LogP contribution is -2.27. The number of ether oxygens (including phenoxy) is 2. The topological polar surface area (TPSA) is 56.6 Å². The Morgan fingerprint density at radius 3 is 2.09 bits per heavy atom. The molecule has 190 valence electrons. The minimum absolute atomic E-state index is 0.113. The summed E-state index contributed by atoms with van der Waals surface area (Å²) in [6.07, 6.45) is 26.4. The molecule has 6 heteroatoms. The molecule has 0 N–H and O–H groups in total. The third-order valence-electron chi connectivity index (χ3n) is 6.55. The van der Waals surface area contributed by atoms with E-state index in [1.807, 2.05) is 17.4 Å². The molecule has 1 unspecified atom stereocenters. The van der Waals surface area contributed by atoms with Gasteiger partial charge in [-0.2, -0.15) is 0 Å². The Bertz CT molecular complexity index is 579. The fourth-order valence-electron chi connectivity index (χ4n) is 4.47. The molecule has 1 aromatic heterocycles. The largest absolute Gasteiger partial charge is 0.442 e. The van der Waals surface area contributed by atoms with Crippen molar-refractivity contribution in [2.45, 2.75) is 122 Å². The van der Waals surface area contributed by atoms with Crippen LogP contribution in [-0.2, 0) is 16.0 Å². The Morgan fingerprint density at radius 2 is 1.48 bits per heavy atom. The van der Waals surface area contributed by atoms with Gasteiger partial charge in [0.05, 0.1) is 19.5 Å². The Kier molecular flexibility index (Phi) is 15.8. The number of carbonyl (C=O) groups excluding carboxylic acids is 1. The highest BCUT2D eigenvalue weighted by Crippen LogP contribution is 2.15. The molecule has 0 bridgehead atoms. The molecule has 2 rings (SSSR count). The van der Waals surface area contributed by atoms with Gasteiger partial charge in [-0.05, 0) is 19.3 Å². The number of carbonyl (C=O) groups is 1. The van der Waals surface area contributed by atoms with E-state index in [-0.39, 0.29) is 12.2 Å². The van der Waals surface area contributed by atoms with Crippen molar-refractivity contribution in [1.82, 2.24) is 14.5 Å². The minimum Gasteiger partial charge on any atom is -0.442 e. The normalized spacial score (nSPS) is 16.0. The lowest BCUT2D eigenvalue weighted by Gasteiger charge is -2.12. The minimum atomic E-state index is -0.192. The van der Waals surface area contributed by atoms with Gasteiger partial charge >= 0.3 is 6.09 Å². The standard InChI is InChI=1S/C27H49N3O3/c1-2-3-4-5-6-7-8-9-10-11-12-13-14-17-22-32-24-26-23-30(27(31)33-26)20-16-15-19-29-21-18-28-25-29/h18,21,25-26H,2-17,19-20,22-24H2,1H3. The van der Waals surface area contributed by atoms with Crippen LogP contribution < -0.4 is 0 Å². The molecule has 1 fully saturated rings. The van der Waals surface area contributed by atoms with Crippen LogP contribution in [0.1, 0.15) is 110 Å². The highest BCUT2D eigenvalue weighted by molar-refractivity contribution is 5.69. The molecule has 0 spiro atoms. The van der Waals surface area contributed by atoms with E-state index in [1.54, 1.807) is 6.20 Å². The molecule has 33 heavy (non-hydrogen) atoms. The van der Waals surface area contributed by atoms with Crippen molar-refractivity contribution in [3.63, 3.8) is 0 Å². The molecule has 0 radical (unpaired) electrons. The molecule has 1 amide bonds. The second-order valence-electron chi connectivity index (χ2n) is 9.63. The number of rotatable bonds is 22. The van der Waals surface area contributed by atoms with Gasteiger partial charge in [0.2, 0.25) is 0 Å². The summed E-state index contributed by atoms with van der Waals surface area (Å²) in [6.45, 7) is 5.93. The van der Waals surface area contributed by atoms with Crippen molar-refractivity contribution in [2.75, 3.05) is 26.3 Å². The fraction of sp³-hybridized carbons (Fsp3) is 0.852.